The van der Waals surface area contributed by atoms with Gasteiger partial charge in [0.25, 0.3) is 0 Å². The number of ether oxygens (including phenoxy) is 1. The minimum atomic E-state index is -1.35. The van der Waals surface area contributed by atoms with Crippen molar-refractivity contribution in [2.45, 2.75) is 96.7 Å². The Morgan fingerprint density at radius 2 is 1.82 bits per heavy atom. The molecule has 2 aliphatic carbocycles. The number of carbonyl (C=O) groups is 1. The normalized spacial score (nSPS) is 25.0. The molecule has 5 N–H and O–H groups in total. The fourth-order valence-corrected chi connectivity index (χ4v) is 6.46. The number of nitrogens with zero attached hydrogens (tertiary/aromatic N) is 4. The molecule has 2 saturated carbocycles. The van der Waals surface area contributed by atoms with Crippen LogP contribution in [0, 0.1) is 29.1 Å². The van der Waals surface area contributed by atoms with Crippen molar-refractivity contribution in [1.82, 2.24) is 24.8 Å². The van der Waals surface area contributed by atoms with Crippen molar-refractivity contribution in [3.63, 3.8) is 0 Å². The Morgan fingerprint density at radius 1 is 1.13 bits per heavy atom. The topological polar surface area (TPSA) is 158 Å². The van der Waals surface area contributed by atoms with Gasteiger partial charge in [-0.15, -0.1) is 0 Å². The van der Waals surface area contributed by atoms with Crippen molar-refractivity contribution < 1.29 is 19.7 Å². The first kappa shape index (κ1) is 27.8. The molecular formula is C28H43N7O4. The Morgan fingerprint density at radius 3 is 2.44 bits per heavy atom. The third-order valence-electron chi connectivity index (χ3n) is 9.33. The van der Waals surface area contributed by atoms with Crippen LogP contribution >= 0.6 is 0 Å². The zero-order valence-corrected chi connectivity index (χ0v) is 23.4. The highest BCUT2D eigenvalue weighted by Crippen LogP contribution is 2.40. The molecule has 3 heterocycles. The minimum absolute atomic E-state index is 0.0158. The van der Waals surface area contributed by atoms with Gasteiger partial charge in [-0.05, 0) is 76.0 Å². The highest BCUT2D eigenvalue weighted by atomic mass is 16.5. The van der Waals surface area contributed by atoms with Crippen LogP contribution in [0.15, 0.2) is 0 Å². The van der Waals surface area contributed by atoms with E-state index in [2.05, 4.69) is 39.0 Å². The summed E-state index contributed by atoms with van der Waals surface area (Å²) in [5.41, 5.74) is -0.128. The number of hydrogen-bond donors (Lipinski definition) is 5. The highest BCUT2D eigenvalue weighted by molar-refractivity contribution is 6.03. The van der Waals surface area contributed by atoms with Gasteiger partial charge in [-0.3, -0.25) is 10.7 Å². The van der Waals surface area contributed by atoms with Crippen molar-refractivity contribution in [2.75, 3.05) is 18.5 Å². The van der Waals surface area contributed by atoms with E-state index in [4.69, 9.17) is 15.1 Å². The number of nitrogens with one attached hydrogen (secondary N) is 3. The molecule has 0 bridgehead atoms. The van der Waals surface area contributed by atoms with E-state index in [1.165, 1.54) is 19.3 Å². The Kier molecular flexibility index (Phi) is 8.09. The predicted molar refractivity (Wildman–Crippen MR) is 148 cm³/mol. The molecule has 3 aliphatic rings. The summed E-state index contributed by atoms with van der Waals surface area (Å²) in [6.07, 6.45) is 8.25. The summed E-state index contributed by atoms with van der Waals surface area (Å²) >= 11 is 0. The number of hydrogen-bond acceptors (Lipinski definition) is 8. The molecule has 0 spiro atoms. The molecule has 1 unspecified atom stereocenters. The van der Waals surface area contributed by atoms with Crippen molar-refractivity contribution >= 4 is 28.9 Å². The maximum absolute atomic E-state index is 12.0. The number of amides is 1. The monoisotopic (exact) mass is 541 g/mol. The van der Waals surface area contributed by atoms with Gasteiger partial charge in [-0.1, -0.05) is 26.2 Å². The molecule has 11 heteroatoms. The number of carboxylic acid groups (broad SMARTS) is 1. The van der Waals surface area contributed by atoms with Crippen molar-refractivity contribution in [2.24, 2.45) is 23.7 Å². The van der Waals surface area contributed by atoms with Gasteiger partial charge >= 0.3 is 6.09 Å². The van der Waals surface area contributed by atoms with E-state index < -0.39 is 17.5 Å². The average molecular weight is 542 g/mol. The van der Waals surface area contributed by atoms with Crippen LogP contribution in [0.1, 0.15) is 90.2 Å². The molecule has 0 aromatic carbocycles. The predicted octanol–water partition coefficient (Wildman–Crippen LogP) is 4.48. The first-order valence-corrected chi connectivity index (χ1v) is 14.6. The van der Waals surface area contributed by atoms with Crippen LogP contribution in [0.25, 0.3) is 11.2 Å². The first-order valence-electron chi connectivity index (χ1n) is 14.6. The Hall–Kier alpha value is -2.79. The van der Waals surface area contributed by atoms with Gasteiger partial charge in [0, 0.05) is 25.8 Å². The molecule has 5 rings (SSSR count). The minimum Gasteiger partial charge on any atom is -0.465 e. The molecule has 0 radical (unpaired) electrons. The van der Waals surface area contributed by atoms with Crippen LogP contribution < -0.4 is 10.6 Å². The van der Waals surface area contributed by atoms with E-state index >= 15 is 0 Å². The molecule has 214 valence electrons. The Balaban J connectivity index is 1.63. The fraction of sp³-hybridized carbons (Fsp3) is 0.750. The third kappa shape index (κ3) is 5.89. The van der Waals surface area contributed by atoms with Gasteiger partial charge < -0.3 is 24.8 Å². The van der Waals surface area contributed by atoms with Gasteiger partial charge in [-0.25, -0.2) is 19.7 Å². The summed E-state index contributed by atoms with van der Waals surface area (Å²) in [4.78, 5) is 25.4. The van der Waals surface area contributed by atoms with Crippen LogP contribution in [0.4, 0.5) is 10.6 Å². The van der Waals surface area contributed by atoms with E-state index in [9.17, 15) is 15.0 Å². The van der Waals surface area contributed by atoms with E-state index in [0.717, 1.165) is 44.4 Å². The summed E-state index contributed by atoms with van der Waals surface area (Å²) in [6, 6.07) is 0.143. The zero-order chi connectivity index (χ0) is 27.7. The molecule has 39 heavy (non-hydrogen) atoms. The van der Waals surface area contributed by atoms with Crippen LogP contribution in [0.2, 0.25) is 0 Å². The number of imidazole rings is 1. The largest absolute Gasteiger partial charge is 0.465 e. The van der Waals surface area contributed by atoms with E-state index in [-0.39, 0.29) is 17.8 Å². The van der Waals surface area contributed by atoms with E-state index in [1.807, 2.05) is 6.92 Å². The number of aliphatic hydroxyl groups is 1. The van der Waals surface area contributed by atoms with Crippen LogP contribution in [-0.2, 0) is 16.9 Å². The quantitative estimate of drug-likeness (QED) is 0.242. The standard InChI is InChI=1S/C28H43N7O4/c1-16-7-9-18(10-8-16)15-35-21-23(30-17(2)19-5-4-6-19)32-25(22(29)31-27(36)37)33-24(21)34-26(35)28(3,38)20-11-13-39-14-12-20/h16-20,38H,4-15H2,1-3H3,(H2,29,31)(H,36,37)(H,30,32,33)/t16-,17-,18-,28?/m1/s1. The second-order valence-electron chi connectivity index (χ2n) is 12.2. The maximum Gasteiger partial charge on any atom is 0.410 e. The SMILES string of the molecule is C[C@@H](Nc1nc(C(=N)NC(=O)O)nc2nc(C(C)(O)C3CCOCC3)n(C[C@H]3CC[C@H](C)CC3)c12)C1CCC1. The van der Waals surface area contributed by atoms with Gasteiger partial charge in [0.05, 0.1) is 0 Å². The van der Waals surface area contributed by atoms with Crippen molar-refractivity contribution in [3.05, 3.63) is 11.6 Å². The maximum atomic E-state index is 12.0. The van der Waals surface area contributed by atoms with Gasteiger partial charge in [0.1, 0.15) is 16.9 Å². The molecule has 2 atom stereocenters. The van der Waals surface area contributed by atoms with Gasteiger partial charge in [-0.2, -0.15) is 0 Å². The summed E-state index contributed by atoms with van der Waals surface area (Å²) in [7, 11) is 0. The average Bonchev–Trinajstić information content (AvgIpc) is 3.23. The number of rotatable bonds is 8. The lowest BCUT2D eigenvalue weighted by atomic mass is 9.80. The lowest BCUT2D eigenvalue weighted by Crippen LogP contribution is -2.39. The van der Waals surface area contributed by atoms with E-state index in [1.54, 1.807) is 0 Å². The molecule has 3 fully saturated rings. The Bertz CT molecular complexity index is 1190. The number of aromatic nitrogens is 4. The van der Waals surface area contributed by atoms with Gasteiger partial charge in [0.2, 0.25) is 0 Å². The lowest BCUT2D eigenvalue weighted by Gasteiger charge is -2.36. The van der Waals surface area contributed by atoms with E-state index in [0.29, 0.717) is 54.4 Å². The second kappa shape index (κ2) is 11.4. The van der Waals surface area contributed by atoms with Crippen LogP contribution in [-0.4, -0.2) is 60.9 Å². The molecule has 11 nitrogen and oxygen atoms in total. The molecule has 1 aliphatic heterocycles. The van der Waals surface area contributed by atoms with Crippen molar-refractivity contribution in [3.8, 4) is 0 Å². The van der Waals surface area contributed by atoms with Crippen molar-refractivity contribution in [1.29, 1.82) is 5.41 Å². The highest BCUT2D eigenvalue weighted by Gasteiger charge is 2.41. The Labute approximate surface area is 229 Å². The summed E-state index contributed by atoms with van der Waals surface area (Å²) in [5.74, 6) is 2.34. The number of anilines is 1. The lowest BCUT2D eigenvalue weighted by molar-refractivity contribution is -0.0654. The fourth-order valence-electron chi connectivity index (χ4n) is 6.46. The summed E-state index contributed by atoms with van der Waals surface area (Å²) < 4.78 is 7.70. The summed E-state index contributed by atoms with van der Waals surface area (Å²) in [6.45, 7) is 8.21. The zero-order valence-electron chi connectivity index (χ0n) is 23.4. The van der Waals surface area contributed by atoms with Crippen LogP contribution in [0.5, 0.6) is 0 Å². The third-order valence-corrected chi connectivity index (χ3v) is 9.33. The molecular weight excluding hydrogens is 498 g/mol. The molecule has 2 aromatic heterocycles. The number of amidine groups is 1. The van der Waals surface area contributed by atoms with Crippen LogP contribution in [0.3, 0.4) is 0 Å². The smallest absolute Gasteiger partial charge is 0.410 e. The van der Waals surface area contributed by atoms with Gasteiger partial charge in [0.15, 0.2) is 23.1 Å². The summed E-state index contributed by atoms with van der Waals surface area (Å²) in [5, 5.41) is 35.2. The number of fused-ring (bicyclic) bond motifs is 1. The molecule has 2 aromatic rings. The molecule has 1 saturated heterocycles. The first-order chi connectivity index (χ1) is 18.6. The second-order valence-corrected chi connectivity index (χ2v) is 12.2. The molecule has 1 amide bonds.